The third kappa shape index (κ3) is 1.37. The minimum Gasteiger partial charge on any atom is -0.390 e. The van der Waals surface area contributed by atoms with Gasteiger partial charge in [-0.15, -0.1) is 0 Å². The Labute approximate surface area is 51.1 Å². The van der Waals surface area contributed by atoms with Crippen molar-refractivity contribution in [2.24, 2.45) is 0 Å². The highest BCUT2D eigenvalue weighted by Gasteiger charge is 2.44. The summed E-state index contributed by atoms with van der Waals surface area (Å²) in [4.78, 5) is 0. The summed E-state index contributed by atoms with van der Waals surface area (Å²) in [5.74, 6) is -2.86. The van der Waals surface area contributed by atoms with Gasteiger partial charge in [0, 0.05) is 12.8 Å². The van der Waals surface area contributed by atoms with Crippen LogP contribution in [0.3, 0.4) is 0 Å². The van der Waals surface area contributed by atoms with Crippen LogP contribution in [0.25, 0.3) is 0 Å². The predicted molar refractivity (Wildman–Crippen MR) is 26.2 cm³/mol. The van der Waals surface area contributed by atoms with Gasteiger partial charge in [0.25, 0.3) is 5.92 Å². The molecule has 0 bridgehead atoms. The first-order valence-electron chi connectivity index (χ1n) is 2.75. The van der Waals surface area contributed by atoms with Gasteiger partial charge in [0.2, 0.25) is 0 Å². The summed E-state index contributed by atoms with van der Waals surface area (Å²) < 4.78 is 24.3. The Kier molecular flexibility index (Phi) is 1.44. The van der Waals surface area contributed by atoms with Gasteiger partial charge in [0.05, 0.1) is 12.2 Å². The average Bonchev–Trinajstić information content (AvgIpc) is 1.79. The molecule has 1 aliphatic carbocycles. The molecule has 1 aliphatic rings. The van der Waals surface area contributed by atoms with E-state index >= 15 is 0 Å². The van der Waals surface area contributed by atoms with E-state index in [4.69, 9.17) is 10.2 Å². The maximum Gasteiger partial charge on any atom is 0.253 e. The van der Waals surface area contributed by atoms with Crippen LogP contribution in [0.5, 0.6) is 0 Å². The van der Waals surface area contributed by atoms with E-state index in [9.17, 15) is 8.78 Å². The Balaban J connectivity index is 2.54. The summed E-state index contributed by atoms with van der Waals surface area (Å²) in [6.45, 7) is 0. The Morgan fingerprint density at radius 3 is 1.56 bits per heavy atom. The first kappa shape index (κ1) is 6.89. The molecule has 0 aromatic heterocycles. The van der Waals surface area contributed by atoms with Crippen molar-refractivity contribution in [1.29, 1.82) is 0 Å². The number of aliphatic hydroxyl groups is 2. The van der Waals surface area contributed by atoms with E-state index in [1.807, 2.05) is 0 Å². The number of hydrogen-bond donors (Lipinski definition) is 2. The van der Waals surface area contributed by atoms with Crippen LogP contribution in [0.15, 0.2) is 0 Å². The fourth-order valence-corrected chi connectivity index (χ4v) is 0.967. The monoisotopic (exact) mass is 138 g/mol. The van der Waals surface area contributed by atoms with E-state index < -0.39 is 31.0 Å². The third-order valence-electron chi connectivity index (χ3n) is 1.46. The standard InChI is InChI=1S/C5H8F2O2/c6-5(7)1-3(8)4(9)2-5/h3-4,8-9H,1-2H2/t3-,4-/m0/s1. The smallest absolute Gasteiger partial charge is 0.253 e. The predicted octanol–water partition coefficient (Wildman–Crippen LogP) is 0.137. The summed E-state index contributed by atoms with van der Waals surface area (Å²) in [6, 6.07) is 0. The molecule has 0 heterocycles. The zero-order chi connectivity index (χ0) is 7.07. The lowest BCUT2D eigenvalue weighted by Gasteiger charge is -2.03. The second-order valence-electron chi connectivity index (χ2n) is 2.40. The fraction of sp³-hybridized carbons (Fsp3) is 1.00. The Hall–Kier alpha value is -0.220. The maximum absolute atomic E-state index is 12.1. The first-order valence-corrected chi connectivity index (χ1v) is 2.75. The van der Waals surface area contributed by atoms with E-state index in [2.05, 4.69) is 0 Å². The molecule has 2 nitrogen and oxygen atoms in total. The Morgan fingerprint density at radius 2 is 1.44 bits per heavy atom. The second kappa shape index (κ2) is 1.88. The van der Waals surface area contributed by atoms with Gasteiger partial charge in [0.15, 0.2) is 0 Å². The normalized spacial score (nSPS) is 41.3. The van der Waals surface area contributed by atoms with Crippen LogP contribution in [-0.2, 0) is 0 Å². The summed E-state index contributed by atoms with van der Waals surface area (Å²) >= 11 is 0. The molecule has 0 aromatic carbocycles. The molecule has 9 heavy (non-hydrogen) atoms. The highest BCUT2D eigenvalue weighted by atomic mass is 19.3. The van der Waals surface area contributed by atoms with Crippen molar-refractivity contribution in [3.63, 3.8) is 0 Å². The molecule has 1 rings (SSSR count). The molecule has 0 aromatic rings. The van der Waals surface area contributed by atoms with Gasteiger partial charge in [-0.05, 0) is 0 Å². The van der Waals surface area contributed by atoms with Gasteiger partial charge in [-0.3, -0.25) is 0 Å². The van der Waals surface area contributed by atoms with E-state index in [1.54, 1.807) is 0 Å². The maximum atomic E-state index is 12.1. The third-order valence-corrected chi connectivity index (χ3v) is 1.46. The lowest BCUT2D eigenvalue weighted by atomic mass is 10.3. The number of hydrogen-bond acceptors (Lipinski definition) is 2. The quantitative estimate of drug-likeness (QED) is 0.499. The van der Waals surface area contributed by atoms with Crippen molar-refractivity contribution in [3.8, 4) is 0 Å². The summed E-state index contributed by atoms with van der Waals surface area (Å²) in [5.41, 5.74) is 0. The molecule has 1 fully saturated rings. The molecular formula is C5H8F2O2. The molecule has 2 atom stereocenters. The molecule has 1 saturated carbocycles. The second-order valence-corrected chi connectivity index (χ2v) is 2.40. The highest BCUT2D eigenvalue weighted by molar-refractivity contribution is 4.87. The van der Waals surface area contributed by atoms with Crippen molar-refractivity contribution in [3.05, 3.63) is 0 Å². The number of rotatable bonds is 0. The van der Waals surface area contributed by atoms with Crippen LogP contribution in [0.1, 0.15) is 12.8 Å². The molecule has 2 N–H and O–H groups in total. The molecule has 0 aliphatic heterocycles. The summed E-state index contributed by atoms with van der Waals surface area (Å²) in [7, 11) is 0. The summed E-state index contributed by atoms with van der Waals surface area (Å²) in [5, 5.41) is 17.2. The lowest BCUT2D eigenvalue weighted by molar-refractivity contribution is -0.00550. The van der Waals surface area contributed by atoms with E-state index in [1.165, 1.54) is 0 Å². The van der Waals surface area contributed by atoms with Crippen LogP contribution < -0.4 is 0 Å². The zero-order valence-corrected chi connectivity index (χ0v) is 4.72. The lowest BCUT2D eigenvalue weighted by Crippen LogP contribution is -2.17. The Morgan fingerprint density at radius 1 is 1.11 bits per heavy atom. The van der Waals surface area contributed by atoms with E-state index in [-0.39, 0.29) is 0 Å². The van der Waals surface area contributed by atoms with Gasteiger partial charge in [-0.2, -0.15) is 0 Å². The minimum atomic E-state index is -2.86. The highest BCUT2D eigenvalue weighted by Crippen LogP contribution is 2.34. The van der Waals surface area contributed by atoms with Gasteiger partial charge < -0.3 is 10.2 Å². The average molecular weight is 138 g/mol. The molecule has 54 valence electrons. The molecule has 0 spiro atoms. The molecule has 0 unspecified atom stereocenters. The van der Waals surface area contributed by atoms with E-state index in [0.717, 1.165) is 0 Å². The van der Waals surface area contributed by atoms with Gasteiger partial charge in [-0.1, -0.05) is 0 Å². The largest absolute Gasteiger partial charge is 0.390 e. The van der Waals surface area contributed by atoms with Crippen LogP contribution in [0.2, 0.25) is 0 Å². The van der Waals surface area contributed by atoms with Crippen molar-refractivity contribution in [2.45, 2.75) is 31.0 Å². The number of alkyl halides is 2. The fourth-order valence-electron chi connectivity index (χ4n) is 0.967. The molecule has 0 amide bonds. The van der Waals surface area contributed by atoms with Gasteiger partial charge >= 0.3 is 0 Å². The number of aliphatic hydroxyl groups excluding tert-OH is 2. The minimum absolute atomic E-state index is 0.603. The summed E-state index contributed by atoms with van der Waals surface area (Å²) in [6.07, 6.45) is -3.68. The van der Waals surface area contributed by atoms with Gasteiger partial charge in [0.1, 0.15) is 0 Å². The topological polar surface area (TPSA) is 40.5 Å². The van der Waals surface area contributed by atoms with E-state index in [0.29, 0.717) is 0 Å². The van der Waals surface area contributed by atoms with Crippen molar-refractivity contribution in [1.82, 2.24) is 0 Å². The van der Waals surface area contributed by atoms with Gasteiger partial charge in [-0.25, -0.2) is 8.78 Å². The van der Waals surface area contributed by atoms with Crippen LogP contribution in [-0.4, -0.2) is 28.3 Å². The zero-order valence-electron chi connectivity index (χ0n) is 4.72. The van der Waals surface area contributed by atoms with Crippen LogP contribution >= 0.6 is 0 Å². The Bertz CT molecular complexity index is 104. The first-order chi connectivity index (χ1) is 4.01. The number of halogens is 2. The molecular weight excluding hydrogens is 130 g/mol. The molecule has 4 heteroatoms. The van der Waals surface area contributed by atoms with Crippen molar-refractivity contribution < 1.29 is 19.0 Å². The van der Waals surface area contributed by atoms with Crippen LogP contribution in [0.4, 0.5) is 8.78 Å². The van der Waals surface area contributed by atoms with Crippen LogP contribution in [0, 0.1) is 0 Å². The van der Waals surface area contributed by atoms with Crippen molar-refractivity contribution >= 4 is 0 Å². The molecule has 0 saturated heterocycles. The molecule has 0 radical (unpaired) electrons. The SMILES string of the molecule is O[C@H]1CC(F)(F)C[C@@H]1O. The van der Waals surface area contributed by atoms with Crippen molar-refractivity contribution in [2.75, 3.05) is 0 Å².